The standard InChI is InChI=1S/C25H21N3O5/c1-3-33-20-14-12-18(13-15-20)27-24(21-6-4-5-7-23(21)32-2)26-22(25(27)29)16-17-8-10-19(11-9-17)28(30)31/h4-16H,3H2,1-2H3/b22-16+. The smallest absolute Gasteiger partial charge is 0.282 e. The molecule has 0 spiro atoms. The average molecular weight is 443 g/mol. The first-order chi connectivity index (χ1) is 16.0. The van der Waals surface area contributed by atoms with Crippen molar-refractivity contribution in [1.29, 1.82) is 0 Å². The van der Waals surface area contributed by atoms with Crippen molar-refractivity contribution in [1.82, 2.24) is 0 Å². The normalized spacial score (nSPS) is 14.4. The van der Waals surface area contributed by atoms with Crippen molar-refractivity contribution in [2.45, 2.75) is 6.92 Å². The third-order valence-corrected chi connectivity index (χ3v) is 5.02. The van der Waals surface area contributed by atoms with Crippen molar-refractivity contribution in [2.75, 3.05) is 18.6 Å². The number of nitro benzene ring substituents is 1. The Morgan fingerprint density at radius 2 is 1.73 bits per heavy atom. The van der Waals surface area contributed by atoms with E-state index >= 15 is 0 Å². The number of hydrogen-bond donors (Lipinski definition) is 0. The van der Waals surface area contributed by atoms with E-state index < -0.39 is 4.92 Å². The van der Waals surface area contributed by atoms with E-state index in [9.17, 15) is 14.9 Å². The molecule has 0 N–H and O–H groups in total. The number of aliphatic imine (C=N–C) groups is 1. The summed E-state index contributed by atoms with van der Waals surface area (Å²) in [6.45, 7) is 2.44. The van der Waals surface area contributed by atoms with Crippen LogP contribution in [-0.4, -0.2) is 30.4 Å². The fourth-order valence-electron chi connectivity index (χ4n) is 3.47. The van der Waals surface area contributed by atoms with Gasteiger partial charge in [-0.3, -0.25) is 19.8 Å². The lowest BCUT2D eigenvalue weighted by molar-refractivity contribution is -0.384. The molecule has 8 heteroatoms. The number of amidine groups is 1. The Bertz CT molecular complexity index is 1250. The largest absolute Gasteiger partial charge is 0.496 e. The second-order valence-electron chi connectivity index (χ2n) is 7.08. The molecule has 3 aromatic rings. The molecule has 0 fully saturated rings. The lowest BCUT2D eigenvalue weighted by Gasteiger charge is -2.20. The van der Waals surface area contributed by atoms with Crippen LogP contribution in [0.2, 0.25) is 0 Å². The minimum absolute atomic E-state index is 0.0240. The second kappa shape index (κ2) is 9.35. The lowest BCUT2D eigenvalue weighted by Crippen LogP contribution is -2.32. The Hall–Kier alpha value is -4.46. The molecule has 0 aromatic heterocycles. The molecule has 4 rings (SSSR count). The Morgan fingerprint density at radius 1 is 1.03 bits per heavy atom. The summed E-state index contributed by atoms with van der Waals surface area (Å²) in [4.78, 5) is 30.0. The number of benzene rings is 3. The molecule has 1 heterocycles. The molecule has 0 unspecified atom stereocenters. The van der Waals surface area contributed by atoms with Crippen LogP contribution < -0.4 is 14.4 Å². The van der Waals surface area contributed by atoms with E-state index in [2.05, 4.69) is 4.99 Å². The van der Waals surface area contributed by atoms with Gasteiger partial charge in [0.25, 0.3) is 11.6 Å². The van der Waals surface area contributed by atoms with Crippen LogP contribution in [-0.2, 0) is 4.79 Å². The molecule has 33 heavy (non-hydrogen) atoms. The second-order valence-corrected chi connectivity index (χ2v) is 7.08. The Balaban J connectivity index is 1.79. The van der Waals surface area contributed by atoms with Crippen molar-refractivity contribution < 1.29 is 19.2 Å². The number of non-ortho nitro benzene ring substituents is 1. The zero-order valence-corrected chi connectivity index (χ0v) is 18.1. The van der Waals surface area contributed by atoms with Gasteiger partial charge in [-0.05, 0) is 67.1 Å². The van der Waals surface area contributed by atoms with Crippen molar-refractivity contribution in [3.05, 3.63) is 99.7 Å². The molecular weight excluding hydrogens is 422 g/mol. The topological polar surface area (TPSA) is 94.3 Å². The van der Waals surface area contributed by atoms with E-state index in [1.54, 1.807) is 55.7 Å². The average Bonchev–Trinajstić information content (AvgIpc) is 3.15. The monoisotopic (exact) mass is 443 g/mol. The van der Waals surface area contributed by atoms with Crippen LogP contribution in [0.5, 0.6) is 11.5 Å². The summed E-state index contributed by atoms with van der Waals surface area (Å²) >= 11 is 0. The van der Waals surface area contributed by atoms with Crippen LogP contribution in [0.15, 0.2) is 83.5 Å². The number of anilines is 1. The molecule has 0 bridgehead atoms. The quantitative estimate of drug-likeness (QED) is 0.296. The van der Waals surface area contributed by atoms with Gasteiger partial charge in [0.1, 0.15) is 17.2 Å². The van der Waals surface area contributed by atoms with Crippen molar-refractivity contribution in [2.24, 2.45) is 4.99 Å². The number of carbonyl (C=O) groups excluding carboxylic acids is 1. The van der Waals surface area contributed by atoms with E-state index in [1.807, 2.05) is 25.1 Å². The summed E-state index contributed by atoms with van der Waals surface area (Å²) in [7, 11) is 1.56. The maximum Gasteiger partial charge on any atom is 0.282 e. The molecule has 0 atom stereocenters. The van der Waals surface area contributed by atoms with Crippen LogP contribution >= 0.6 is 0 Å². The lowest BCUT2D eigenvalue weighted by atomic mass is 10.1. The Labute approximate surface area is 190 Å². The zero-order valence-electron chi connectivity index (χ0n) is 18.1. The number of para-hydroxylation sites is 1. The minimum atomic E-state index is -0.469. The summed E-state index contributed by atoms with van der Waals surface area (Å²) in [5, 5.41) is 10.9. The number of amides is 1. The molecule has 1 amide bonds. The number of rotatable bonds is 7. The van der Waals surface area contributed by atoms with Crippen LogP contribution in [0.25, 0.3) is 6.08 Å². The molecule has 166 valence electrons. The van der Waals surface area contributed by atoms with Crippen molar-refractivity contribution >= 4 is 29.2 Å². The van der Waals surface area contributed by atoms with Crippen LogP contribution in [0, 0.1) is 10.1 Å². The van der Waals surface area contributed by atoms with Gasteiger partial charge in [0.2, 0.25) is 0 Å². The summed E-state index contributed by atoms with van der Waals surface area (Å²) in [5.41, 5.74) is 2.10. The van der Waals surface area contributed by atoms with Gasteiger partial charge in [-0.15, -0.1) is 0 Å². The molecular formula is C25H21N3O5. The SMILES string of the molecule is CCOc1ccc(N2C(=O)/C(=C\c3ccc([N+](=O)[O-])cc3)N=C2c2ccccc2OC)cc1. The van der Waals surface area contributed by atoms with E-state index in [0.717, 1.165) is 0 Å². The molecule has 3 aromatic carbocycles. The van der Waals surface area contributed by atoms with Crippen molar-refractivity contribution in [3.63, 3.8) is 0 Å². The van der Waals surface area contributed by atoms with Crippen molar-refractivity contribution in [3.8, 4) is 11.5 Å². The molecule has 0 saturated carbocycles. The number of carbonyl (C=O) groups is 1. The summed E-state index contributed by atoms with van der Waals surface area (Å²) < 4.78 is 11.0. The van der Waals surface area contributed by atoms with Crippen LogP contribution in [0.3, 0.4) is 0 Å². The van der Waals surface area contributed by atoms with E-state index in [0.29, 0.717) is 40.8 Å². The molecule has 1 aliphatic heterocycles. The van der Waals surface area contributed by atoms with Gasteiger partial charge in [-0.1, -0.05) is 12.1 Å². The first-order valence-electron chi connectivity index (χ1n) is 10.3. The van der Waals surface area contributed by atoms with E-state index in [4.69, 9.17) is 9.47 Å². The highest BCUT2D eigenvalue weighted by molar-refractivity contribution is 6.33. The van der Waals surface area contributed by atoms with Crippen LogP contribution in [0.4, 0.5) is 11.4 Å². The van der Waals surface area contributed by atoms with Gasteiger partial charge in [0.15, 0.2) is 5.84 Å². The first kappa shape index (κ1) is 21.8. The van der Waals surface area contributed by atoms with Gasteiger partial charge in [0.05, 0.1) is 29.9 Å². The Kier molecular flexibility index (Phi) is 6.17. The third kappa shape index (κ3) is 4.45. The molecule has 1 aliphatic rings. The molecule has 8 nitrogen and oxygen atoms in total. The zero-order chi connectivity index (χ0) is 23.4. The molecule has 0 radical (unpaired) electrons. The predicted octanol–water partition coefficient (Wildman–Crippen LogP) is 4.84. The highest BCUT2D eigenvalue weighted by Crippen LogP contribution is 2.32. The van der Waals surface area contributed by atoms with Crippen LogP contribution in [0.1, 0.15) is 18.1 Å². The van der Waals surface area contributed by atoms with E-state index in [-0.39, 0.29) is 17.3 Å². The maximum absolute atomic E-state index is 13.4. The first-order valence-corrected chi connectivity index (χ1v) is 10.3. The Morgan fingerprint density at radius 3 is 2.36 bits per heavy atom. The fourth-order valence-corrected chi connectivity index (χ4v) is 3.47. The highest BCUT2D eigenvalue weighted by atomic mass is 16.6. The van der Waals surface area contributed by atoms with Gasteiger partial charge in [-0.25, -0.2) is 4.99 Å². The summed E-state index contributed by atoms with van der Waals surface area (Å²) in [6, 6.07) is 20.4. The summed E-state index contributed by atoms with van der Waals surface area (Å²) in [6.07, 6.45) is 1.61. The highest BCUT2D eigenvalue weighted by Gasteiger charge is 2.33. The molecule has 0 saturated heterocycles. The fraction of sp³-hybridized carbons (Fsp3) is 0.120. The predicted molar refractivity (Wildman–Crippen MR) is 126 cm³/mol. The van der Waals surface area contributed by atoms with Gasteiger partial charge in [-0.2, -0.15) is 0 Å². The molecule has 0 aliphatic carbocycles. The summed E-state index contributed by atoms with van der Waals surface area (Å²) in [5.74, 6) is 1.38. The number of methoxy groups -OCH3 is 1. The van der Waals surface area contributed by atoms with E-state index in [1.165, 1.54) is 17.0 Å². The van der Waals surface area contributed by atoms with Gasteiger partial charge in [0, 0.05) is 12.1 Å². The maximum atomic E-state index is 13.4. The number of ether oxygens (including phenoxy) is 2. The van der Waals surface area contributed by atoms with Gasteiger partial charge < -0.3 is 9.47 Å². The number of nitro groups is 1. The minimum Gasteiger partial charge on any atom is -0.496 e. The third-order valence-electron chi connectivity index (χ3n) is 5.02. The number of hydrogen-bond acceptors (Lipinski definition) is 6. The number of nitrogens with zero attached hydrogens (tertiary/aromatic N) is 3. The van der Waals surface area contributed by atoms with Gasteiger partial charge >= 0.3 is 0 Å².